The van der Waals surface area contributed by atoms with E-state index in [1.807, 2.05) is 6.08 Å². The molecule has 1 fully saturated rings. The molecule has 0 aromatic rings. The lowest BCUT2D eigenvalue weighted by atomic mass is 9.90. The second-order valence-corrected chi connectivity index (χ2v) is 5.61. The van der Waals surface area contributed by atoms with E-state index in [0.29, 0.717) is 37.0 Å². The number of piperidine rings is 1. The Kier molecular flexibility index (Phi) is 3.66. The molecule has 2 aliphatic heterocycles. The number of rotatable bonds is 3. The molecule has 3 N–H and O–H groups in total. The van der Waals surface area contributed by atoms with Crippen molar-refractivity contribution >= 4 is 23.6 Å². The van der Waals surface area contributed by atoms with E-state index < -0.39 is 23.8 Å². The molecule has 1 saturated heterocycles. The van der Waals surface area contributed by atoms with Gasteiger partial charge in [0.2, 0.25) is 11.8 Å². The monoisotopic (exact) mass is 303 g/mol. The molecule has 1 aliphatic carbocycles. The summed E-state index contributed by atoms with van der Waals surface area (Å²) in [6.45, 7) is 0.391. The molecule has 3 rings (SSSR count). The van der Waals surface area contributed by atoms with E-state index in [1.165, 1.54) is 0 Å². The summed E-state index contributed by atoms with van der Waals surface area (Å²) in [5.41, 5.74) is 7.23. The van der Waals surface area contributed by atoms with Crippen molar-refractivity contribution in [1.29, 1.82) is 0 Å². The summed E-state index contributed by atoms with van der Waals surface area (Å²) in [5.74, 6) is -1.80. The zero-order chi connectivity index (χ0) is 15.9. The van der Waals surface area contributed by atoms with Crippen molar-refractivity contribution in [1.82, 2.24) is 10.2 Å². The first-order valence-electron chi connectivity index (χ1n) is 7.38. The highest BCUT2D eigenvalue weighted by atomic mass is 16.2. The van der Waals surface area contributed by atoms with Crippen LogP contribution in [0.25, 0.3) is 0 Å². The van der Waals surface area contributed by atoms with E-state index in [2.05, 4.69) is 5.32 Å². The number of hydrogen-bond donors (Lipinski definition) is 2. The molecule has 7 heteroatoms. The lowest BCUT2D eigenvalue weighted by molar-refractivity contribution is -0.150. The van der Waals surface area contributed by atoms with E-state index in [4.69, 9.17) is 5.73 Å². The van der Waals surface area contributed by atoms with Gasteiger partial charge in [0, 0.05) is 12.0 Å². The maximum Gasteiger partial charge on any atom is 0.262 e. The minimum atomic E-state index is -0.901. The third-order valence-electron chi connectivity index (χ3n) is 4.25. The van der Waals surface area contributed by atoms with Crippen LogP contribution in [0.1, 0.15) is 32.1 Å². The fraction of sp³-hybridized carbons (Fsp3) is 0.467. The van der Waals surface area contributed by atoms with Crippen molar-refractivity contribution in [2.24, 2.45) is 5.73 Å². The van der Waals surface area contributed by atoms with Crippen molar-refractivity contribution < 1.29 is 19.2 Å². The molecular formula is C15H17N3O4. The van der Waals surface area contributed by atoms with Crippen LogP contribution < -0.4 is 11.1 Å². The number of nitrogens with zero attached hydrogens (tertiary/aromatic N) is 1. The van der Waals surface area contributed by atoms with Gasteiger partial charge in [0.25, 0.3) is 11.8 Å². The normalized spacial score (nSPS) is 25.4. The molecule has 7 nitrogen and oxygen atoms in total. The Morgan fingerprint density at radius 2 is 1.95 bits per heavy atom. The third kappa shape index (κ3) is 2.18. The fourth-order valence-electron chi connectivity index (χ4n) is 3.24. The molecule has 1 unspecified atom stereocenters. The molecular weight excluding hydrogens is 286 g/mol. The predicted octanol–water partition coefficient (Wildman–Crippen LogP) is -0.474. The topological polar surface area (TPSA) is 110 Å². The number of nitrogens with one attached hydrogen (secondary N) is 1. The van der Waals surface area contributed by atoms with Gasteiger partial charge in [-0.2, -0.15) is 0 Å². The molecule has 0 aromatic heterocycles. The largest absolute Gasteiger partial charge is 0.330 e. The Hall–Kier alpha value is -2.28. The summed E-state index contributed by atoms with van der Waals surface area (Å²) < 4.78 is 0. The maximum atomic E-state index is 12.7. The summed E-state index contributed by atoms with van der Waals surface area (Å²) in [7, 11) is 0. The highest BCUT2D eigenvalue weighted by Gasteiger charge is 2.46. The standard InChI is InChI=1S/C15H17N3O4/c16-7-6-8-2-1-3-9-12(8)15(22)18(14(9)21)10-4-5-11(19)17-13(10)20/h2,10H,1,3-7,16H2,(H,17,19,20). The van der Waals surface area contributed by atoms with Gasteiger partial charge in [-0.15, -0.1) is 0 Å². The molecule has 1 atom stereocenters. The molecule has 2 heterocycles. The number of amides is 4. The lowest BCUT2D eigenvalue weighted by Crippen LogP contribution is -2.54. The zero-order valence-corrected chi connectivity index (χ0v) is 12.1. The van der Waals surface area contributed by atoms with E-state index in [9.17, 15) is 19.2 Å². The number of imide groups is 2. The molecule has 0 bridgehead atoms. The number of hydrogen-bond acceptors (Lipinski definition) is 5. The molecule has 0 spiro atoms. The summed E-state index contributed by atoms with van der Waals surface area (Å²) >= 11 is 0. The van der Waals surface area contributed by atoms with Crippen LogP contribution in [0.15, 0.2) is 22.8 Å². The number of carbonyl (C=O) groups is 4. The minimum Gasteiger partial charge on any atom is -0.330 e. The summed E-state index contributed by atoms with van der Waals surface area (Å²) in [4.78, 5) is 49.4. The fourth-order valence-corrected chi connectivity index (χ4v) is 3.24. The van der Waals surface area contributed by atoms with Crippen molar-refractivity contribution in [3.8, 4) is 0 Å². The highest BCUT2D eigenvalue weighted by molar-refractivity contribution is 6.23. The number of carbonyl (C=O) groups excluding carboxylic acids is 4. The van der Waals surface area contributed by atoms with Crippen LogP contribution in [0, 0.1) is 0 Å². The van der Waals surface area contributed by atoms with Crippen LogP contribution in [0.5, 0.6) is 0 Å². The second kappa shape index (κ2) is 5.49. The van der Waals surface area contributed by atoms with Crippen molar-refractivity contribution in [2.75, 3.05) is 6.54 Å². The summed E-state index contributed by atoms with van der Waals surface area (Å²) in [6.07, 6.45) is 3.96. The minimum absolute atomic E-state index is 0.129. The smallest absolute Gasteiger partial charge is 0.262 e. The van der Waals surface area contributed by atoms with E-state index >= 15 is 0 Å². The first kappa shape index (κ1) is 14.6. The van der Waals surface area contributed by atoms with Gasteiger partial charge in [-0.1, -0.05) is 6.08 Å². The van der Waals surface area contributed by atoms with E-state index in [0.717, 1.165) is 10.5 Å². The van der Waals surface area contributed by atoms with Crippen LogP contribution in [0.2, 0.25) is 0 Å². The Balaban J connectivity index is 1.90. The van der Waals surface area contributed by atoms with Gasteiger partial charge in [-0.25, -0.2) is 0 Å². The van der Waals surface area contributed by atoms with Crippen molar-refractivity contribution in [3.63, 3.8) is 0 Å². The molecule has 0 aromatic carbocycles. The lowest BCUT2D eigenvalue weighted by Gasteiger charge is -2.28. The SMILES string of the molecule is NCCC1=CCCC2=C1C(=O)N(C1CCC(=O)NC1=O)C2=O. The first-order valence-corrected chi connectivity index (χ1v) is 7.38. The second-order valence-electron chi connectivity index (χ2n) is 5.61. The van der Waals surface area contributed by atoms with Crippen LogP contribution in [-0.2, 0) is 19.2 Å². The van der Waals surface area contributed by atoms with Crippen molar-refractivity contribution in [3.05, 3.63) is 22.8 Å². The van der Waals surface area contributed by atoms with Gasteiger partial charge in [-0.05, 0) is 37.8 Å². The molecule has 22 heavy (non-hydrogen) atoms. The average molecular weight is 303 g/mol. The van der Waals surface area contributed by atoms with Gasteiger partial charge in [0.05, 0.1) is 5.57 Å². The van der Waals surface area contributed by atoms with Gasteiger partial charge < -0.3 is 5.73 Å². The van der Waals surface area contributed by atoms with Crippen LogP contribution in [-0.4, -0.2) is 41.1 Å². The van der Waals surface area contributed by atoms with Crippen LogP contribution in [0.4, 0.5) is 0 Å². The Morgan fingerprint density at radius 1 is 1.18 bits per heavy atom. The van der Waals surface area contributed by atoms with E-state index in [-0.39, 0.29) is 18.7 Å². The molecule has 0 radical (unpaired) electrons. The maximum absolute atomic E-state index is 12.7. The zero-order valence-electron chi connectivity index (χ0n) is 12.1. The number of allylic oxidation sites excluding steroid dienone is 1. The summed E-state index contributed by atoms with van der Waals surface area (Å²) in [5, 5.41) is 2.19. The number of nitrogens with two attached hydrogens (primary N) is 1. The summed E-state index contributed by atoms with van der Waals surface area (Å²) in [6, 6.07) is -0.901. The Morgan fingerprint density at radius 3 is 2.64 bits per heavy atom. The third-order valence-corrected chi connectivity index (χ3v) is 4.25. The molecule has 116 valence electrons. The Labute approximate surface area is 127 Å². The highest BCUT2D eigenvalue weighted by Crippen LogP contribution is 2.36. The van der Waals surface area contributed by atoms with Crippen LogP contribution >= 0.6 is 0 Å². The molecule has 4 amide bonds. The average Bonchev–Trinajstić information content (AvgIpc) is 2.73. The van der Waals surface area contributed by atoms with Gasteiger partial charge in [0.1, 0.15) is 6.04 Å². The van der Waals surface area contributed by atoms with Gasteiger partial charge >= 0.3 is 0 Å². The molecule has 3 aliphatic rings. The predicted molar refractivity (Wildman–Crippen MR) is 76.0 cm³/mol. The van der Waals surface area contributed by atoms with Gasteiger partial charge in [-0.3, -0.25) is 29.4 Å². The van der Waals surface area contributed by atoms with Crippen LogP contribution in [0.3, 0.4) is 0 Å². The molecule has 0 saturated carbocycles. The quantitative estimate of drug-likeness (QED) is 0.685. The van der Waals surface area contributed by atoms with Crippen molar-refractivity contribution in [2.45, 2.75) is 38.1 Å². The van der Waals surface area contributed by atoms with E-state index in [1.54, 1.807) is 0 Å². The Bertz CT molecular complexity index is 647. The first-order chi connectivity index (χ1) is 10.5. The van der Waals surface area contributed by atoms with Gasteiger partial charge in [0.15, 0.2) is 0 Å².